The van der Waals surface area contributed by atoms with Gasteiger partial charge in [0.2, 0.25) is 0 Å². The summed E-state index contributed by atoms with van der Waals surface area (Å²) in [7, 11) is 0. The molecule has 3 N–H and O–H groups in total. The molecule has 1 rings (SSSR count). The summed E-state index contributed by atoms with van der Waals surface area (Å²) in [5.41, 5.74) is 6.39. The van der Waals surface area contributed by atoms with Gasteiger partial charge in [0.1, 0.15) is 6.04 Å². The largest absolute Gasteiger partial charge is 0.480 e. The highest BCUT2D eigenvalue weighted by Gasteiger charge is 2.32. The Hall–Kier alpha value is -2.94. The minimum atomic E-state index is -1.31. The zero-order chi connectivity index (χ0) is 23.7. The van der Waals surface area contributed by atoms with E-state index in [1.54, 1.807) is 40.7 Å². The number of carbonyl (C=O) groups is 4. The Morgan fingerprint density at radius 1 is 0.968 bits per heavy atom. The highest BCUT2D eigenvalue weighted by Crippen LogP contribution is 2.36. The normalized spacial score (nSPS) is 13.8. The van der Waals surface area contributed by atoms with E-state index in [2.05, 4.69) is 0 Å². The summed E-state index contributed by atoms with van der Waals surface area (Å²) in [5, 5.41) is 9.50. The van der Waals surface area contributed by atoms with Crippen LogP contribution in [0.4, 0.5) is 0 Å². The highest BCUT2D eigenvalue weighted by atomic mass is 16.6. The van der Waals surface area contributed by atoms with Crippen LogP contribution in [-0.4, -0.2) is 41.6 Å². The van der Waals surface area contributed by atoms with Crippen LogP contribution in [0.5, 0.6) is 11.5 Å². The van der Waals surface area contributed by atoms with Gasteiger partial charge in [0.25, 0.3) is 0 Å². The van der Waals surface area contributed by atoms with E-state index in [0.717, 1.165) is 0 Å². The van der Waals surface area contributed by atoms with Crippen molar-refractivity contribution >= 4 is 23.9 Å². The molecular weight excluding hydrogens is 406 g/mol. The molecule has 0 radical (unpaired) electrons. The van der Waals surface area contributed by atoms with Gasteiger partial charge in [-0.3, -0.25) is 19.2 Å². The van der Waals surface area contributed by atoms with E-state index in [1.807, 2.05) is 0 Å². The Bertz CT molecular complexity index is 805. The molecule has 0 spiro atoms. The molecule has 0 bridgehead atoms. The number of hydrogen-bond acceptors (Lipinski definition) is 8. The molecule has 0 aromatic heterocycles. The van der Waals surface area contributed by atoms with Crippen molar-refractivity contribution in [2.24, 2.45) is 17.6 Å². The molecular formula is C22H31NO8. The van der Waals surface area contributed by atoms with Gasteiger partial charge in [0.05, 0.1) is 12.5 Å². The van der Waals surface area contributed by atoms with Gasteiger partial charge in [-0.1, -0.05) is 40.7 Å². The maximum atomic E-state index is 11.8. The standard InChI is InChI=1S/C22H31NO8/c1-6-17(24)30-15-9-8-14(10-16(15)31-18(25)7-2)19(20(23)21(26)27)13(5)11-29-22(28)12(3)4/h8-10,12-13,19-20H,6-7,11,23H2,1-5H3,(H,26,27)/t13?,19?,20-/m0/s1. The van der Waals surface area contributed by atoms with E-state index in [9.17, 15) is 24.3 Å². The Morgan fingerprint density at radius 3 is 2.00 bits per heavy atom. The number of carboxylic acids is 1. The number of nitrogens with two attached hydrogens (primary N) is 1. The summed E-state index contributed by atoms with van der Waals surface area (Å²) in [6.07, 6.45) is 0.207. The number of hydrogen-bond donors (Lipinski definition) is 2. The van der Waals surface area contributed by atoms with Crippen molar-refractivity contribution in [1.29, 1.82) is 0 Å². The second kappa shape index (κ2) is 12.0. The zero-order valence-corrected chi connectivity index (χ0v) is 18.5. The number of ether oxygens (including phenoxy) is 3. The Kier molecular flexibility index (Phi) is 10.1. The minimum Gasteiger partial charge on any atom is -0.480 e. The van der Waals surface area contributed by atoms with E-state index in [1.165, 1.54) is 12.1 Å². The molecule has 31 heavy (non-hydrogen) atoms. The average molecular weight is 437 g/mol. The van der Waals surface area contributed by atoms with Crippen molar-refractivity contribution in [2.45, 2.75) is 59.4 Å². The molecule has 0 saturated carbocycles. The topological polar surface area (TPSA) is 142 Å². The first-order valence-corrected chi connectivity index (χ1v) is 10.2. The first kappa shape index (κ1) is 26.1. The second-order valence-electron chi connectivity index (χ2n) is 7.51. The molecule has 3 atom stereocenters. The fourth-order valence-corrected chi connectivity index (χ4v) is 2.81. The summed E-state index contributed by atoms with van der Waals surface area (Å²) < 4.78 is 15.8. The monoisotopic (exact) mass is 437 g/mol. The van der Waals surface area contributed by atoms with Crippen molar-refractivity contribution in [1.82, 2.24) is 0 Å². The molecule has 0 fully saturated rings. The van der Waals surface area contributed by atoms with Crippen molar-refractivity contribution in [2.75, 3.05) is 6.61 Å². The summed E-state index contributed by atoms with van der Waals surface area (Å²) in [6, 6.07) is 3.09. The predicted octanol–water partition coefficient (Wildman–Crippen LogP) is 2.65. The van der Waals surface area contributed by atoms with Gasteiger partial charge in [-0.25, -0.2) is 0 Å². The lowest BCUT2D eigenvalue weighted by Crippen LogP contribution is -2.40. The predicted molar refractivity (Wildman–Crippen MR) is 112 cm³/mol. The van der Waals surface area contributed by atoms with Gasteiger partial charge >= 0.3 is 23.9 Å². The lowest BCUT2D eigenvalue weighted by Gasteiger charge is -2.28. The molecule has 0 aliphatic carbocycles. The lowest BCUT2D eigenvalue weighted by atomic mass is 9.82. The number of esters is 3. The smallest absolute Gasteiger partial charge is 0.321 e. The summed E-state index contributed by atoms with van der Waals surface area (Å²) in [4.78, 5) is 47.0. The number of rotatable bonds is 11. The van der Waals surface area contributed by atoms with E-state index >= 15 is 0 Å². The van der Waals surface area contributed by atoms with E-state index < -0.39 is 41.8 Å². The third-order valence-corrected chi connectivity index (χ3v) is 4.62. The molecule has 9 nitrogen and oxygen atoms in total. The molecule has 0 amide bonds. The van der Waals surface area contributed by atoms with Crippen LogP contribution in [0, 0.1) is 11.8 Å². The van der Waals surface area contributed by atoms with Crippen LogP contribution in [0.3, 0.4) is 0 Å². The first-order valence-electron chi connectivity index (χ1n) is 10.2. The summed E-state index contributed by atoms with van der Waals surface area (Å²) in [5.74, 6) is -4.25. The molecule has 0 heterocycles. The number of aliphatic carboxylic acids is 1. The van der Waals surface area contributed by atoms with E-state index in [0.29, 0.717) is 5.56 Å². The number of benzene rings is 1. The van der Waals surface area contributed by atoms with Crippen LogP contribution in [0.15, 0.2) is 18.2 Å². The van der Waals surface area contributed by atoms with Gasteiger partial charge in [0, 0.05) is 18.8 Å². The fraction of sp³-hybridized carbons (Fsp3) is 0.545. The molecule has 1 aromatic rings. The van der Waals surface area contributed by atoms with Crippen LogP contribution >= 0.6 is 0 Å². The molecule has 172 valence electrons. The van der Waals surface area contributed by atoms with Gasteiger partial charge in [-0.2, -0.15) is 0 Å². The Labute approximate surface area is 181 Å². The van der Waals surface area contributed by atoms with Gasteiger partial charge in [-0.05, 0) is 23.6 Å². The van der Waals surface area contributed by atoms with Crippen LogP contribution in [0.1, 0.15) is 58.9 Å². The second-order valence-corrected chi connectivity index (χ2v) is 7.51. The highest BCUT2D eigenvalue weighted by molar-refractivity contribution is 5.77. The van der Waals surface area contributed by atoms with Crippen LogP contribution < -0.4 is 15.2 Å². The van der Waals surface area contributed by atoms with Gasteiger partial charge in [-0.15, -0.1) is 0 Å². The van der Waals surface area contributed by atoms with Crippen molar-refractivity contribution in [3.8, 4) is 11.5 Å². The van der Waals surface area contributed by atoms with Gasteiger partial charge < -0.3 is 25.1 Å². The van der Waals surface area contributed by atoms with E-state index in [4.69, 9.17) is 19.9 Å². The van der Waals surface area contributed by atoms with Crippen LogP contribution in [-0.2, 0) is 23.9 Å². The van der Waals surface area contributed by atoms with Crippen LogP contribution in [0.25, 0.3) is 0 Å². The molecule has 0 aliphatic heterocycles. The average Bonchev–Trinajstić information content (AvgIpc) is 2.73. The van der Waals surface area contributed by atoms with Crippen molar-refractivity contribution < 1.29 is 38.5 Å². The van der Waals surface area contributed by atoms with Crippen molar-refractivity contribution in [3.05, 3.63) is 23.8 Å². The quantitative estimate of drug-likeness (QED) is 0.394. The lowest BCUT2D eigenvalue weighted by molar-refractivity contribution is -0.149. The Morgan fingerprint density at radius 2 is 1.52 bits per heavy atom. The number of carbonyl (C=O) groups excluding carboxylic acids is 3. The maximum Gasteiger partial charge on any atom is 0.321 e. The number of carboxylic acid groups (broad SMARTS) is 1. The first-order chi connectivity index (χ1) is 14.5. The zero-order valence-electron chi connectivity index (χ0n) is 18.5. The third kappa shape index (κ3) is 7.67. The maximum absolute atomic E-state index is 11.8. The van der Waals surface area contributed by atoms with Crippen molar-refractivity contribution in [3.63, 3.8) is 0 Å². The Balaban J connectivity index is 3.33. The molecule has 0 saturated heterocycles. The molecule has 1 aromatic carbocycles. The molecule has 9 heteroatoms. The molecule has 2 unspecified atom stereocenters. The molecule has 0 aliphatic rings. The fourth-order valence-electron chi connectivity index (χ4n) is 2.81. The minimum absolute atomic E-state index is 0.0138. The van der Waals surface area contributed by atoms with Gasteiger partial charge in [0.15, 0.2) is 11.5 Å². The third-order valence-electron chi connectivity index (χ3n) is 4.62. The van der Waals surface area contributed by atoms with E-state index in [-0.39, 0.29) is 36.9 Å². The summed E-state index contributed by atoms with van der Waals surface area (Å²) >= 11 is 0. The van der Waals surface area contributed by atoms with Crippen LogP contribution in [0.2, 0.25) is 0 Å². The SMILES string of the molecule is CCC(=O)Oc1ccc(C(C(C)COC(=O)C(C)C)[C@H](N)C(=O)O)cc1OC(=O)CC. The summed E-state index contributed by atoms with van der Waals surface area (Å²) in [6.45, 7) is 8.29.